The third-order valence-electron chi connectivity index (χ3n) is 3.56. The topological polar surface area (TPSA) is 94.7 Å². The van der Waals surface area contributed by atoms with Crippen LogP contribution in [0.2, 0.25) is 10.0 Å². The van der Waals surface area contributed by atoms with E-state index >= 15 is 0 Å². The zero-order valence-corrected chi connectivity index (χ0v) is 12.9. The number of hydrogen-bond acceptors (Lipinski definition) is 3. The number of nitrogens with one attached hydrogen (secondary N) is 2. The highest BCUT2D eigenvalue weighted by atomic mass is 35.5. The van der Waals surface area contributed by atoms with Crippen LogP contribution in [0, 0.1) is 0 Å². The van der Waals surface area contributed by atoms with Gasteiger partial charge in [-0.2, -0.15) is 5.10 Å². The molecule has 0 saturated heterocycles. The molecule has 4 rings (SSSR count). The highest BCUT2D eigenvalue weighted by Crippen LogP contribution is 2.30. The van der Waals surface area contributed by atoms with Crippen LogP contribution in [0.25, 0.3) is 33.5 Å². The average molecular weight is 347 g/mol. The van der Waals surface area contributed by atoms with Crippen molar-refractivity contribution in [3.8, 4) is 11.5 Å². The molecular weight excluding hydrogens is 339 g/mol. The van der Waals surface area contributed by atoms with E-state index in [1.807, 2.05) is 0 Å². The quantitative estimate of drug-likeness (QED) is 0.509. The van der Waals surface area contributed by atoms with Crippen LogP contribution in [0.5, 0.6) is 0 Å². The number of carbonyl (C=O) groups is 1. The van der Waals surface area contributed by atoms with Crippen LogP contribution in [-0.2, 0) is 0 Å². The van der Waals surface area contributed by atoms with Crippen LogP contribution >= 0.6 is 23.2 Å². The van der Waals surface area contributed by atoms with Crippen molar-refractivity contribution in [3.05, 3.63) is 45.9 Å². The van der Waals surface area contributed by atoms with Gasteiger partial charge in [-0.25, -0.2) is 9.78 Å². The van der Waals surface area contributed by atoms with Gasteiger partial charge in [0.1, 0.15) is 5.69 Å². The molecule has 0 spiro atoms. The van der Waals surface area contributed by atoms with Crippen LogP contribution in [0.3, 0.4) is 0 Å². The van der Waals surface area contributed by atoms with Gasteiger partial charge in [0, 0.05) is 5.39 Å². The van der Waals surface area contributed by atoms with E-state index in [4.69, 9.17) is 28.3 Å². The highest BCUT2D eigenvalue weighted by Gasteiger charge is 2.15. The number of aromatic carboxylic acids is 1. The molecule has 114 valence electrons. The predicted molar refractivity (Wildman–Crippen MR) is 88.2 cm³/mol. The number of carboxylic acid groups (broad SMARTS) is 1. The summed E-state index contributed by atoms with van der Waals surface area (Å²) in [6.07, 6.45) is 0. The first-order chi connectivity index (χ1) is 11.0. The molecule has 6 nitrogen and oxygen atoms in total. The van der Waals surface area contributed by atoms with Gasteiger partial charge in [0.15, 0.2) is 5.82 Å². The Balaban J connectivity index is 1.90. The van der Waals surface area contributed by atoms with Gasteiger partial charge in [-0.15, -0.1) is 0 Å². The Morgan fingerprint density at radius 1 is 1.09 bits per heavy atom. The van der Waals surface area contributed by atoms with E-state index in [9.17, 15) is 4.79 Å². The first-order valence-corrected chi connectivity index (χ1v) is 7.35. The number of H-pyrrole nitrogens is 2. The minimum atomic E-state index is -0.990. The van der Waals surface area contributed by atoms with Crippen LogP contribution < -0.4 is 0 Å². The molecule has 4 aromatic rings. The van der Waals surface area contributed by atoms with Crippen molar-refractivity contribution >= 4 is 51.1 Å². The molecule has 0 aliphatic rings. The van der Waals surface area contributed by atoms with Crippen molar-refractivity contribution in [3.63, 3.8) is 0 Å². The number of aromatic nitrogens is 4. The molecule has 0 amide bonds. The Morgan fingerprint density at radius 2 is 1.87 bits per heavy atom. The molecule has 0 aliphatic carbocycles. The average Bonchev–Trinajstić information content (AvgIpc) is 3.10. The number of rotatable bonds is 2. The fourth-order valence-electron chi connectivity index (χ4n) is 2.45. The second-order valence-corrected chi connectivity index (χ2v) is 5.82. The summed E-state index contributed by atoms with van der Waals surface area (Å²) in [7, 11) is 0. The van der Waals surface area contributed by atoms with Crippen LogP contribution in [-0.4, -0.2) is 31.2 Å². The van der Waals surface area contributed by atoms with Gasteiger partial charge >= 0.3 is 5.97 Å². The number of nitrogens with zero attached hydrogens (tertiary/aromatic N) is 2. The number of hydrogen-bond donors (Lipinski definition) is 3. The zero-order chi connectivity index (χ0) is 16.1. The Labute approximate surface area is 139 Å². The molecule has 0 unspecified atom stereocenters. The van der Waals surface area contributed by atoms with E-state index in [1.165, 1.54) is 12.1 Å². The van der Waals surface area contributed by atoms with Crippen molar-refractivity contribution < 1.29 is 9.90 Å². The number of halogens is 2. The van der Waals surface area contributed by atoms with E-state index < -0.39 is 5.97 Å². The molecule has 8 heteroatoms. The Hall–Kier alpha value is -2.57. The Bertz CT molecular complexity index is 1040. The smallest absolute Gasteiger partial charge is 0.335 e. The summed E-state index contributed by atoms with van der Waals surface area (Å²) in [6.45, 7) is 0. The summed E-state index contributed by atoms with van der Waals surface area (Å²) in [5.74, 6) is -0.441. The molecule has 0 fully saturated rings. The van der Waals surface area contributed by atoms with Crippen LogP contribution in [0.1, 0.15) is 10.4 Å². The van der Waals surface area contributed by atoms with E-state index in [-0.39, 0.29) is 5.56 Å². The first kappa shape index (κ1) is 14.0. The standard InChI is InChI=1S/C15H8Cl2N4O2/c16-8-4-11-12(5-9(8)17)19-14(18-11)13-7-2-1-6(15(22)23)3-10(7)20-21-13/h1-5H,(H,18,19)(H,20,21)(H,22,23). The molecule has 0 bridgehead atoms. The highest BCUT2D eigenvalue weighted by molar-refractivity contribution is 6.42. The largest absolute Gasteiger partial charge is 0.478 e. The number of fused-ring (bicyclic) bond motifs is 2. The zero-order valence-electron chi connectivity index (χ0n) is 11.4. The fraction of sp³-hybridized carbons (Fsp3) is 0. The predicted octanol–water partition coefficient (Wildman–Crippen LogP) is 4.11. The fourth-order valence-corrected chi connectivity index (χ4v) is 2.77. The van der Waals surface area contributed by atoms with Gasteiger partial charge in [-0.05, 0) is 30.3 Å². The molecule has 2 heterocycles. The lowest BCUT2D eigenvalue weighted by Crippen LogP contribution is -1.94. The van der Waals surface area contributed by atoms with Crippen molar-refractivity contribution in [2.24, 2.45) is 0 Å². The van der Waals surface area contributed by atoms with Gasteiger partial charge in [-0.1, -0.05) is 23.2 Å². The molecular formula is C15H8Cl2N4O2. The van der Waals surface area contributed by atoms with Gasteiger partial charge in [0.05, 0.1) is 32.2 Å². The van der Waals surface area contributed by atoms with E-state index in [1.54, 1.807) is 18.2 Å². The lowest BCUT2D eigenvalue weighted by Gasteiger charge is -1.95. The summed E-state index contributed by atoms with van der Waals surface area (Å²) in [5, 5.41) is 17.7. The maximum absolute atomic E-state index is 11.0. The van der Waals surface area contributed by atoms with Crippen molar-refractivity contribution in [2.75, 3.05) is 0 Å². The maximum atomic E-state index is 11.0. The van der Waals surface area contributed by atoms with E-state index in [0.29, 0.717) is 32.6 Å². The summed E-state index contributed by atoms with van der Waals surface area (Å²) in [5.41, 5.74) is 2.83. The lowest BCUT2D eigenvalue weighted by molar-refractivity contribution is 0.0697. The maximum Gasteiger partial charge on any atom is 0.335 e. The van der Waals surface area contributed by atoms with Crippen molar-refractivity contribution in [2.45, 2.75) is 0 Å². The molecule has 0 radical (unpaired) electrons. The Morgan fingerprint density at radius 3 is 2.65 bits per heavy atom. The molecule has 0 saturated carbocycles. The van der Waals surface area contributed by atoms with E-state index in [0.717, 1.165) is 10.9 Å². The number of imidazole rings is 1. The molecule has 0 aliphatic heterocycles. The number of benzene rings is 2. The third kappa shape index (κ3) is 2.23. The van der Waals surface area contributed by atoms with Crippen molar-refractivity contribution in [1.82, 2.24) is 20.2 Å². The third-order valence-corrected chi connectivity index (χ3v) is 4.28. The summed E-state index contributed by atoms with van der Waals surface area (Å²) in [4.78, 5) is 18.6. The summed E-state index contributed by atoms with van der Waals surface area (Å²) < 4.78 is 0. The van der Waals surface area contributed by atoms with Crippen molar-refractivity contribution in [1.29, 1.82) is 0 Å². The molecule has 2 aromatic carbocycles. The molecule has 2 aromatic heterocycles. The minimum Gasteiger partial charge on any atom is -0.478 e. The van der Waals surface area contributed by atoms with Gasteiger partial charge < -0.3 is 10.1 Å². The molecule has 3 N–H and O–H groups in total. The van der Waals surface area contributed by atoms with Gasteiger partial charge in [0.25, 0.3) is 0 Å². The minimum absolute atomic E-state index is 0.191. The summed E-state index contributed by atoms with van der Waals surface area (Å²) >= 11 is 12.0. The Kier molecular flexibility index (Phi) is 3.04. The number of aromatic amines is 2. The van der Waals surface area contributed by atoms with E-state index in [2.05, 4.69) is 20.2 Å². The molecule has 0 atom stereocenters. The SMILES string of the molecule is O=C(O)c1ccc2c(-c3nc4cc(Cl)c(Cl)cc4[nH]3)n[nH]c2c1. The summed E-state index contributed by atoms with van der Waals surface area (Å²) in [6, 6.07) is 8.14. The second kappa shape index (κ2) is 4.97. The number of carboxylic acids is 1. The normalized spacial score (nSPS) is 11.4. The monoisotopic (exact) mass is 346 g/mol. The molecule has 23 heavy (non-hydrogen) atoms. The van der Waals surface area contributed by atoms with Gasteiger partial charge in [0.2, 0.25) is 0 Å². The van der Waals surface area contributed by atoms with Crippen LogP contribution in [0.15, 0.2) is 30.3 Å². The lowest BCUT2D eigenvalue weighted by atomic mass is 10.1. The van der Waals surface area contributed by atoms with Gasteiger partial charge in [-0.3, -0.25) is 5.10 Å². The second-order valence-electron chi connectivity index (χ2n) is 5.01. The first-order valence-electron chi connectivity index (χ1n) is 6.59. The van der Waals surface area contributed by atoms with Crippen LogP contribution in [0.4, 0.5) is 0 Å².